The molecule has 2 unspecified atom stereocenters. The van der Waals surface area contributed by atoms with Crippen molar-refractivity contribution in [2.75, 3.05) is 30.3 Å². The molecule has 1 rings (SSSR count). The van der Waals surface area contributed by atoms with Crippen molar-refractivity contribution in [3.63, 3.8) is 0 Å². The fourth-order valence-corrected chi connectivity index (χ4v) is 4.59. The molecule has 116 valence electrons. The van der Waals surface area contributed by atoms with Gasteiger partial charge in [-0.25, -0.2) is 4.79 Å². The minimum absolute atomic E-state index is 0.186. The Morgan fingerprint density at radius 1 is 1.30 bits per heavy atom. The molecule has 1 heterocycles. The second kappa shape index (κ2) is 9.39. The fraction of sp³-hybridized carbons (Fsp3) is 0.846. The number of carboxylic acids is 1. The molecule has 0 aliphatic carbocycles. The van der Waals surface area contributed by atoms with E-state index in [0.29, 0.717) is 24.1 Å². The largest absolute Gasteiger partial charge is 0.481 e. The van der Waals surface area contributed by atoms with Crippen LogP contribution in [0.1, 0.15) is 20.3 Å². The molecular weight excluding hydrogens is 296 g/mol. The topological polar surface area (TPSA) is 78.4 Å². The molecule has 1 aliphatic rings. The first-order chi connectivity index (χ1) is 9.49. The van der Waals surface area contributed by atoms with Gasteiger partial charge < -0.3 is 15.7 Å². The van der Waals surface area contributed by atoms with Gasteiger partial charge in [0.2, 0.25) is 0 Å². The number of aliphatic carboxylic acids is 1. The van der Waals surface area contributed by atoms with Gasteiger partial charge in [-0.2, -0.15) is 23.5 Å². The molecule has 0 saturated carbocycles. The number of hydrogen-bond acceptors (Lipinski definition) is 4. The maximum Gasteiger partial charge on any atom is 0.314 e. The molecule has 0 aromatic heterocycles. The molecule has 2 atom stereocenters. The zero-order valence-corrected chi connectivity index (χ0v) is 13.7. The predicted octanol–water partition coefficient (Wildman–Crippen LogP) is 1.88. The van der Waals surface area contributed by atoms with Crippen LogP contribution in [0.3, 0.4) is 0 Å². The summed E-state index contributed by atoms with van der Waals surface area (Å²) in [5.41, 5.74) is 0. The van der Waals surface area contributed by atoms with Crippen molar-refractivity contribution < 1.29 is 14.7 Å². The van der Waals surface area contributed by atoms with E-state index in [-0.39, 0.29) is 12.6 Å². The van der Waals surface area contributed by atoms with Gasteiger partial charge in [-0.3, -0.25) is 4.79 Å². The van der Waals surface area contributed by atoms with E-state index >= 15 is 0 Å². The third-order valence-corrected chi connectivity index (χ3v) is 5.83. The van der Waals surface area contributed by atoms with Crippen molar-refractivity contribution in [3.05, 3.63) is 0 Å². The Hall–Kier alpha value is -0.560. The van der Waals surface area contributed by atoms with Crippen LogP contribution < -0.4 is 10.6 Å². The zero-order chi connectivity index (χ0) is 15.0. The number of rotatable bonds is 7. The van der Waals surface area contributed by atoms with Crippen molar-refractivity contribution in [1.82, 2.24) is 10.6 Å². The molecule has 7 heteroatoms. The number of thioether (sulfide) groups is 2. The van der Waals surface area contributed by atoms with Crippen LogP contribution in [0.4, 0.5) is 4.79 Å². The van der Waals surface area contributed by atoms with Crippen LogP contribution in [0, 0.1) is 11.8 Å². The normalized spacial score (nSPS) is 20.4. The lowest BCUT2D eigenvalue weighted by molar-refractivity contribution is -0.142. The quantitative estimate of drug-likeness (QED) is 0.667. The molecule has 0 bridgehead atoms. The van der Waals surface area contributed by atoms with Crippen molar-refractivity contribution >= 4 is 35.5 Å². The van der Waals surface area contributed by atoms with Crippen LogP contribution in [0.15, 0.2) is 0 Å². The summed E-state index contributed by atoms with van der Waals surface area (Å²) in [5, 5.41) is 15.0. The Kier molecular flexibility index (Phi) is 8.21. The van der Waals surface area contributed by atoms with Crippen LogP contribution in [-0.4, -0.2) is 52.7 Å². The van der Waals surface area contributed by atoms with Crippen LogP contribution in [0.25, 0.3) is 0 Å². The summed E-state index contributed by atoms with van der Waals surface area (Å²) < 4.78 is 0. The molecule has 0 radical (unpaired) electrons. The van der Waals surface area contributed by atoms with Crippen molar-refractivity contribution in [2.24, 2.45) is 11.8 Å². The Morgan fingerprint density at radius 2 is 2.05 bits per heavy atom. The number of carboxylic acid groups (broad SMARTS) is 1. The van der Waals surface area contributed by atoms with E-state index in [2.05, 4.69) is 10.6 Å². The molecule has 20 heavy (non-hydrogen) atoms. The van der Waals surface area contributed by atoms with Gasteiger partial charge in [0.25, 0.3) is 0 Å². The second-order valence-electron chi connectivity index (χ2n) is 5.32. The first kappa shape index (κ1) is 17.5. The van der Waals surface area contributed by atoms with Crippen LogP contribution >= 0.6 is 23.5 Å². The van der Waals surface area contributed by atoms with E-state index < -0.39 is 11.9 Å². The minimum Gasteiger partial charge on any atom is -0.481 e. The SMILES string of the molecule is CC(C)CC(CNC(=O)NCC1CSCCS1)C(=O)O. The smallest absolute Gasteiger partial charge is 0.314 e. The molecule has 0 aromatic rings. The Labute approximate surface area is 129 Å². The molecule has 5 nitrogen and oxygen atoms in total. The van der Waals surface area contributed by atoms with E-state index in [1.54, 1.807) is 0 Å². The summed E-state index contributed by atoms with van der Waals surface area (Å²) in [5.74, 6) is 2.32. The number of carbonyl (C=O) groups excluding carboxylic acids is 1. The van der Waals surface area contributed by atoms with Crippen molar-refractivity contribution in [1.29, 1.82) is 0 Å². The summed E-state index contributed by atoms with van der Waals surface area (Å²) in [4.78, 5) is 22.7. The van der Waals surface area contributed by atoms with Gasteiger partial charge in [0.1, 0.15) is 0 Å². The van der Waals surface area contributed by atoms with Gasteiger partial charge in [0, 0.05) is 35.6 Å². The van der Waals surface area contributed by atoms with Gasteiger partial charge >= 0.3 is 12.0 Å². The zero-order valence-electron chi connectivity index (χ0n) is 12.1. The summed E-state index contributed by atoms with van der Waals surface area (Å²) >= 11 is 3.80. The highest BCUT2D eigenvalue weighted by Crippen LogP contribution is 2.23. The molecule has 1 fully saturated rings. The standard InChI is InChI=1S/C13H24N2O3S2/c1-9(2)5-10(12(16)17)6-14-13(18)15-7-11-8-19-3-4-20-11/h9-11H,3-8H2,1-2H3,(H,16,17)(H2,14,15,18). The lowest BCUT2D eigenvalue weighted by Gasteiger charge is -2.21. The number of carbonyl (C=O) groups is 2. The van der Waals surface area contributed by atoms with Crippen LogP contribution in [0.5, 0.6) is 0 Å². The molecule has 2 amide bonds. The van der Waals surface area contributed by atoms with Crippen molar-refractivity contribution in [2.45, 2.75) is 25.5 Å². The highest BCUT2D eigenvalue weighted by atomic mass is 32.2. The van der Waals surface area contributed by atoms with E-state index in [9.17, 15) is 9.59 Å². The minimum atomic E-state index is -0.849. The van der Waals surface area contributed by atoms with Crippen molar-refractivity contribution in [3.8, 4) is 0 Å². The van der Waals surface area contributed by atoms with E-state index in [4.69, 9.17) is 5.11 Å². The van der Waals surface area contributed by atoms with Crippen LogP contribution in [-0.2, 0) is 4.79 Å². The summed E-state index contributed by atoms with van der Waals surface area (Å²) in [7, 11) is 0. The summed E-state index contributed by atoms with van der Waals surface area (Å²) in [6.45, 7) is 4.79. The molecule has 3 N–H and O–H groups in total. The average molecular weight is 320 g/mol. The van der Waals surface area contributed by atoms with Gasteiger partial charge in [0.15, 0.2) is 0 Å². The first-order valence-corrected chi connectivity index (χ1v) is 9.13. The van der Waals surface area contributed by atoms with E-state index in [1.807, 2.05) is 37.4 Å². The lowest BCUT2D eigenvalue weighted by atomic mass is 9.97. The molecule has 0 aromatic carbocycles. The average Bonchev–Trinajstić information content (AvgIpc) is 2.41. The third-order valence-electron chi connectivity index (χ3n) is 2.99. The number of amides is 2. The summed E-state index contributed by atoms with van der Waals surface area (Å²) in [6, 6.07) is -0.267. The molecular formula is C13H24N2O3S2. The first-order valence-electron chi connectivity index (χ1n) is 6.93. The number of nitrogens with one attached hydrogen (secondary N) is 2. The molecule has 1 saturated heterocycles. The summed E-state index contributed by atoms with van der Waals surface area (Å²) in [6.07, 6.45) is 0.574. The number of hydrogen-bond donors (Lipinski definition) is 3. The van der Waals surface area contributed by atoms with Gasteiger partial charge in [-0.15, -0.1) is 0 Å². The predicted molar refractivity (Wildman–Crippen MR) is 85.6 cm³/mol. The number of urea groups is 1. The van der Waals surface area contributed by atoms with Gasteiger partial charge in [-0.05, 0) is 12.3 Å². The van der Waals surface area contributed by atoms with Gasteiger partial charge in [-0.1, -0.05) is 13.8 Å². The van der Waals surface area contributed by atoms with E-state index in [0.717, 1.165) is 11.5 Å². The van der Waals surface area contributed by atoms with E-state index in [1.165, 1.54) is 5.75 Å². The Morgan fingerprint density at radius 3 is 2.60 bits per heavy atom. The maximum absolute atomic E-state index is 11.7. The Balaban J connectivity index is 2.21. The highest BCUT2D eigenvalue weighted by molar-refractivity contribution is 8.06. The monoisotopic (exact) mass is 320 g/mol. The molecule has 0 spiro atoms. The highest BCUT2D eigenvalue weighted by Gasteiger charge is 2.20. The fourth-order valence-electron chi connectivity index (χ4n) is 1.98. The maximum atomic E-state index is 11.7. The second-order valence-corrected chi connectivity index (χ2v) is 7.88. The van der Waals surface area contributed by atoms with Crippen LogP contribution in [0.2, 0.25) is 0 Å². The van der Waals surface area contributed by atoms with Gasteiger partial charge in [0.05, 0.1) is 5.92 Å². The third kappa shape index (κ3) is 7.28. The molecule has 1 aliphatic heterocycles. The Bertz CT molecular complexity index is 321. The lowest BCUT2D eigenvalue weighted by Crippen LogP contribution is -2.43.